The number of likely N-dealkylation sites (tertiary alicyclic amines) is 1. The number of anilines is 1. The van der Waals surface area contributed by atoms with Crippen LogP contribution in [-0.4, -0.2) is 44.4 Å². The summed E-state index contributed by atoms with van der Waals surface area (Å²) >= 11 is 0. The molecular formula is C21H17F4N5O2. The molecule has 2 bridgehead atoms. The van der Waals surface area contributed by atoms with Crippen molar-refractivity contribution in [2.45, 2.75) is 31.1 Å². The maximum absolute atomic E-state index is 14.0. The van der Waals surface area contributed by atoms with Crippen LogP contribution in [0.1, 0.15) is 28.9 Å². The predicted octanol–water partition coefficient (Wildman–Crippen LogP) is 4.00. The molecule has 5 rings (SSSR count). The van der Waals surface area contributed by atoms with Crippen LogP contribution in [0.5, 0.6) is 0 Å². The normalized spacial score (nSPS) is 22.4. The zero-order valence-corrected chi connectivity index (χ0v) is 16.5. The molecule has 1 amide bonds. The van der Waals surface area contributed by atoms with E-state index in [0.717, 1.165) is 25.1 Å². The molecule has 1 saturated heterocycles. The van der Waals surface area contributed by atoms with Crippen LogP contribution in [-0.2, 0) is 6.18 Å². The molecule has 0 unspecified atom stereocenters. The van der Waals surface area contributed by atoms with E-state index < -0.39 is 17.7 Å². The Labute approximate surface area is 179 Å². The minimum Gasteiger partial charge on any atom is -0.445 e. The lowest BCUT2D eigenvalue weighted by molar-refractivity contribution is -0.141. The number of carbonyl (C=O) groups excluding carboxylic acids is 1. The maximum atomic E-state index is 14.0. The van der Waals surface area contributed by atoms with Crippen LogP contribution < -0.4 is 5.32 Å². The lowest BCUT2D eigenvalue weighted by Crippen LogP contribution is -2.48. The molecule has 0 spiro atoms. The molecule has 2 aliphatic rings. The van der Waals surface area contributed by atoms with E-state index in [-0.39, 0.29) is 41.2 Å². The average molecular weight is 447 g/mol. The van der Waals surface area contributed by atoms with Gasteiger partial charge in [0.1, 0.15) is 17.9 Å². The number of aromatic nitrogens is 3. The summed E-state index contributed by atoms with van der Waals surface area (Å²) < 4.78 is 57.4. The fourth-order valence-electron chi connectivity index (χ4n) is 4.54. The van der Waals surface area contributed by atoms with Crippen LogP contribution >= 0.6 is 0 Å². The second kappa shape index (κ2) is 7.57. The summed E-state index contributed by atoms with van der Waals surface area (Å²) in [4.78, 5) is 26.3. The van der Waals surface area contributed by atoms with Crippen LogP contribution in [0.3, 0.4) is 0 Å². The van der Waals surface area contributed by atoms with Gasteiger partial charge >= 0.3 is 6.18 Å². The first kappa shape index (κ1) is 20.4. The van der Waals surface area contributed by atoms with Crippen LogP contribution in [0.2, 0.25) is 0 Å². The van der Waals surface area contributed by atoms with Gasteiger partial charge in [0.25, 0.3) is 5.91 Å². The zero-order chi connectivity index (χ0) is 22.5. The molecule has 3 aromatic rings. The number of halogens is 4. The maximum Gasteiger partial charge on any atom is 0.434 e. The first-order valence-electron chi connectivity index (χ1n) is 9.96. The monoisotopic (exact) mass is 447 g/mol. The van der Waals surface area contributed by atoms with Gasteiger partial charge in [0.2, 0.25) is 5.89 Å². The number of rotatable bonds is 4. The SMILES string of the molecule is O=C(c1cc(F)ccc1-c1ncco1)N1C[C@@H]2C[C@@H](Nc3cnc(C(F)(F)F)cn3)[C@@H]1C2. The van der Waals surface area contributed by atoms with Gasteiger partial charge in [-0.3, -0.25) is 4.79 Å². The number of oxazole rings is 1. The molecular weight excluding hydrogens is 430 g/mol. The standard InChI is InChI=1S/C21H17F4N5O2/c22-12-1-2-13(19-26-3-4-32-19)14(7-12)20(31)30-10-11-5-15(16(30)6-11)29-18-9-27-17(8-28-18)21(23,24)25/h1-4,7-9,11,15-16H,5-6,10H2,(H,28,29)/t11-,15-,16+/m1/s1. The van der Waals surface area contributed by atoms with Crippen LogP contribution in [0.4, 0.5) is 23.4 Å². The number of hydrogen-bond acceptors (Lipinski definition) is 6. The summed E-state index contributed by atoms with van der Waals surface area (Å²) in [6, 6.07) is 3.44. The highest BCUT2D eigenvalue weighted by Crippen LogP contribution is 2.40. The van der Waals surface area contributed by atoms with Crippen molar-refractivity contribution in [3.8, 4) is 11.5 Å². The van der Waals surface area contributed by atoms with Crippen molar-refractivity contribution in [2.75, 3.05) is 11.9 Å². The summed E-state index contributed by atoms with van der Waals surface area (Å²) in [5.41, 5.74) is -0.534. The van der Waals surface area contributed by atoms with E-state index in [4.69, 9.17) is 4.42 Å². The lowest BCUT2D eigenvalue weighted by Gasteiger charge is -2.34. The lowest BCUT2D eigenvalue weighted by atomic mass is 10.0. The van der Waals surface area contributed by atoms with Crippen LogP contribution in [0, 0.1) is 11.7 Å². The number of nitrogens with one attached hydrogen (secondary N) is 1. The van der Waals surface area contributed by atoms with Crippen molar-refractivity contribution >= 4 is 11.7 Å². The number of carbonyl (C=O) groups is 1. The van der Waals surface area contributed by atoms with Crippen LogP contribution in [0.15, 0.2) is 47.5 Å². The first-order chi connectivity index (χ1) is 15.3. The molecule has 1 aromatic carbocycles. The molecule has 1 N–H and O–H groups in total. The van der Waals surface area contributed by atoms with E-state index in [9.17, 15) is 22.4 Å². The molecule has 1 aliphatic heterocycles. The van der Waals surface area contributed by atoms with Gasteiger partial charge in [0.05, 0.1) is 35.8 Å². The van der Waals surface area contributed by atoms with Gasteiger partial charge in [-0.2, -0.15) is 13.2 Å². The van der Waals surface area contributed by atoms with E-state index in [2.05, 4.69) is 20.3 Å². The summed E-state index contributed by atoms with van der Waals surface area (Å²) in [5.74, 6) is -0.262. The molecule has 166 valence electrons. The Kier molecular flexibility index (Phi) is 4.83. The fourth-order valence-corrected chi connectivity index (χ4v) is 4.54. The Balaban J connectivity index is 1.37. The molecule has 0 radical (unpaired) electrons. The summed E-state index contributed by atoms with van der Waals surface area (Å²) in [7, 11) is 0. The van der Waals surface area contributed by atoms with Gasteiger partial charge in [0.15, 0.2) is 5.69 Å². The highest BCUT2D eigenvalue weighted by atomic mass is 19.4. The highest BCUT2D eigenvalue weighted by molar-refractivity contribution is 6.00. The molecule has 1 saturated carbocycles. The molecule has 11 heteroatoms. The minimum atomic E-state index is -4.56. The summed E-state index contributed by atoms with van der Waals surface area (Å²) in [6.45, 7) is 0.516. The van der Waals surface area contributed by atoms with Gasteiger partial charge < -0.3 is 14.6 Å². The van der Waals surface area contributed by atoms with Crippen molar-refractivity contribution in [3.05, 3.63) is 60.1 Å². The van der Waals surface area contributed by atoms with Gasteiger partial charge in [-0.1, -0.05) is 0 Å². The number of amides is 1. The summed E-state index contributed by atoms with van der Waals surface area (Å²) in [6.07, 6.45) is 1.44. The van der Waals surface area contributed by atoms with Crippen molar-refractivity contribution < 1.29 is 26.8 Å². The van der Waals surface area contributed by atoms with E-state index in [1.165, 1.54) is 24.6 Å². The topological polar surface area (TPSA) is 84.2 Å². The number of hydrogen-bond donors (Lipinski definition) is 1. The Hall–Kier alpha value is -3.50. The largest absolute Gasteiger partial charge is 0.445 e. The van der Waals surface area contributed by atoms with Gasteiger partial charge in [-0.05, 0) is 37.0 Å². The van der Waals surface area contributed by atoms with E-state index in [0.29, 0.717) is 18.3 Å². The Morgan fingerprint density at radius 1 is 1.16 bits per heavy atom. The molecule has 7 nitrogen and oxygen atoms in total. The molecule has 2 aromatic heterocycles. The van der Waals surface area contributed by atoms with Gasteiger partial charge in [-0.15, -0.1) is 0 Å². The Morgan fingerprint density at radius 2 is 2.00 bits per heavy atom. The number of nitrogens with zero attached hydrogens (tertiary/aromatic N) is 4. The zero-order valence-electron chi connectivity index (χ0n) is 16.5. The van der Waals surface area contributed by atoms with Gasteiger partial charge in [0, 0.05) is 12.6 Å². The third kappa shape index (κ3) is 3.67. The minimum absolute atomic E-state index is 0.146. The smallest absolute Gasteiger partial charge is 0.434 e. The number of piperidine rings is 1. The predicted molar refractivity (Wildman–Crippen MR) is 104 cm³/mol. The average Bonchev–Trinajstić information content (AvgIpc) is 3.50. The third-order valence-corrected chi connectivity index (χ3v) is 5.89. The molecule has 32 heavy (non-hydrogen) atoms. The van der Waals surface area contributed by atoms with Crippen molar-refractivity contribution in [1.29, 1.82) is 0 Å². The molecule has 3 heterocycles. The van der Waals surface area contributed by atoms with E-state index in [1.807, 2.05) is 0 Å². The molecule has 1 aliphatic carbocycles. The second-order valence-corrected chi connectivity index (χ2v) is 7.92. The quantitative estimate of drug-likeness (QED) is 0.609. The van der Waals surface area contributed by atoms with E-state index >= 15 is 0 Å². The third-order valence-electron chi connectivity index (χ3n) is 5.89. The van der Waals surface area contributed by atoms with Crippen molar-refractivity contribution in [1.82, 2.24) is 19.9 Å². The van der Waals surface area contributed by atoms with Crippen molar-refractivity contribution in [3.63, 3.8) is 0 Å². The number of fused-ring (bicyclic) bond motifs is 2. The summed E-state index contributed by atoms with van der Waals surface area (Å²) in [5, 5.41) is 3.10. The second-order valence-electron chi connectivity index (χ2n) is 7.92. The van der Waals surface area contributed by atoms with Gasteiger partial charge in [-0.25, -0.2) is 19.3 Å². The molecule has 3 atom stereocenters. The van der Waals surface area contributed by atoms with Crippen molar-refractivity contribution in [2.24, 2.45) is 5.92 Å². The van der Waals surface area contributed by atoms with E-state index in [1.54, 1.807) is 4.90 Å². The fraction of sp³-hybridized carbons (Fsp3) is 0.333. The number of alkyl halides is 3. The Morgan fingerprint density at radius 3 is 2.66 bits per heavy atom. The number of benzene rings is 1. The van der Waals surface area contributed by atoms with Crippen LogP contribution in [0.25, 0.3) is 11.5 Å². The molecule has 2 fully saturated rings. The Bertz CT molecular complexity index is 1130. The first-order valence-corrected chi connectivity index (χ1v) is 9.96. The highest BCUT2D eigenvalue weighted by Gasteiger charge is 2.47.